The zero-order valence-electron chi connectivity index (χ0n) is 18.7. The Labute approximate surface area is 202 Å². The molecule has 0 spiro atoms. The van der Waals surface area contributed by atoms with Gasteiger partial charge in [-0.3, -0.25) is 9.69 Å². The summed E-state index contributed by atoms with van der Waals surface area (Å²) in [6.45, 7) is 2.15. The van der Waals surface area contributed by atoms with Gasteiger partial charge in [0.2, 0.25) is 0 Å². The lowest BCUT2D eigenvalue weighted by molar-refractivity contribution is -0.139. The van der Waals surface area contributed by atoms with E-state index < -0.39 is 12.6 Å². The van der Waals surface area contributed by atoms with E-state index in [2.05, 4.69) is 12.1 Å². The average molecular weight is 473 g/mol. The van der Waals surface area contributed by atoms with Gasteiger partial charge >= 0.3 is 5.97 Å². The number of carboxylic acids is 1. The maximum absolute atomic E-state index is 13.3. The summed E-state index contributed by atoms with van der Waals surface area (Å²) < 4.78 is 5.18. The number of aliphatic imine (C=N–C) groups is 1. The molecule has 3 aromatic rings. The maximum atomic E-state index is 13.3. The number of carbonyl (C=O) groups excluding carboxylic acids is 1. The molecule has 1 heterocycles. The molecule has 0 atom stereocenters. The fourth-order valence-electron chi connectivity index (χ4n) is 3.36. The summed E-state index contributed by atoms with van der Waals surface area (Å²) in [7, 11) is 0. The minimum Gasteiger partial charge on any atom is -0.482 e. The molecule has 0 aliphatic carbocycles. The molecule has 6 nitrogen and oxygen atoms in total. The molecule has 172 valence electrons. The summed E-state index contributed by atoms with van der Waals surface area (Å²) in [5.41, 5.74) is 3.92. The minimum atomic E-state index is -1.03. The van der Waals surface area contributed by atoms with E-state index in [1.165, 1.54) is 11.8 Å². The Morgan fingerprint density at radius 2 is 1.74 bits per heavy atom. The molecule has 34 heavy (non-hydrogen) atoms. The Morgan fingerprint density at radius 3 is 2.41 bits per heavy atom. The van der Waals surface area contributed by atoms with E-state index in [0.717, 1.165) is 28.8 Å². The van der Waals surface area contributed by atoms with Crippen LogP contribution in [0.4, 0.5) is 5.69 Å². The average Bonchev–Trinajstić information content (AvgIpc) is 3.13. The van der Waals surface area contributed by atoms with Gasteiger partial charge in [0, 0.05) is 6.54 Å². The van der Waals surface area contributed by atoms with Crippen LogP contribution in [0.2, 0.25) is 0 Å². The van der Waals surface area contributed by atoms with Crippen LogP contribution in [0.25, 0.3) is 6.08 Å². The van der Waals surface area contributed by atoms with Crippen LogP contribution in [0.1, 0.15) is 16.7 Å². The third-order valence-electron chi connectivity index (χ3n) is 5.15. The number of amides is 1. The van der Waals surface area contributed by atoms with Gasteiger partial charge in [-0.15, -0.1) is 0 Å². The molecule has 0 saturated carbocycles. The molecule has 0 unspecified atom stereocenters. The highest BCUT2D eigenvalue weighted by molar-refractivity contribution is 8.18. The molecular formula is C27H24N2O4S. The summed E-state index contributed by atoms with van der Waals surface area (Å²) in [6.07, 6.45) is 2.55. The van der Waals surface area contributed by atoms with Crippen molar-refractivity contribution in [3.63, 3.8) is 0 Å². The number of hydrogen-bond donors (Lipinski definition) is 1. The normalized spacial score (nSPS) is 15.8. The van der Waals surface area contributed by atoms with Gasteiger partial charge in [-0.2, -0.15) is 0 Å². The Bertz CT molecular complexity index is 1220. The van der Waals surface area contributed by atoms with Crippen molar-refractivity contribution in [2.45, 2.75) is 13.3 Å². The van der Waals surface area contributed by atoms with E-state index in [4.69, 9.17) is 14.8 Å². The number of ether oxygens (including phenoxy) is 1. The summed E-state index contributed by atoms with van der Waals surface area (Å²) in [5, 5.41) is 9.39. The fraction of sp³-hybridized carbons (Fsp3) is 0.148. The van der Waals surface area contributed by atoms with Gasteiger partial charge in [-0.1, -0.05) is 60.2 Å². The first-order valence-electron chi connectivity index (χ1n) is 10.8. The van der Waals surface area contributed by atoms with Crippen LogP contribution in [0.5, 0.6) is 5.75 Å². The molecule has 1 aliphatic heterocycles. The smallest absolute Gasteiger partial charge is 0.341 e. The molecule has 0 bridgehead atoms. The summed E-state index contributed by atoms with van der Waals surface area (Å²) in [6, 6.07) is 24.9. The largest absolute Gasteiger partial charge is 0.482 e. The molecule has 0 radical (unpaired) electrons. The number of aryl methyl sites for hydroxylation is 1. The SMILES string of the molecule is Cc1ccc(N=C2S/C(=C\c3ccc(OCC(=O)O)cc3)C(=O)N2CCc2ccccc2)cc1. The molecular weight excluding hydrogens is 448 g/mol. The van der Waals surface area contributed by atoms with Gasteiger partial charge in [0.15, 0.2) is 11.8 Å². The van der Waals surface area contributed by atoms with E-state index in [1.807, 2.05) is 55.5 Å². The predicted molar refractivity (Wildman–Crippen MR) is 135 cm³/mol. The van der Waals surface area contributed by atoms with Crippen molar-refractivity contribution in [1.82, 2.24) is 4.90 Å². The van der Waals surface area contributed by atoms with Crippen molar-refractivity contribution in [2.75, 3.05) is 13.2 Å². The number of carboxylic acid groups (broad SMARTS) is 1. The second-order valence-electron chi connectivity index (χ2n) is 7.78. The van der Waals surface area contributed by atoms with Crippen LogP contribution in [0.15, 0.2) is 88.8 Å². The van der Waals surface area contributed by atoms with Crippen LogP contribution in [-0.4, -0.2) is 40.2 Å². The number of nitrogens with zero attached hydrogens (tertiary/aromatic N) is 2. The Balaban J connectivity index is 1.56. The van der Waals surface area contributed by atoms with Crippen LogP contribution in [0.3, 0.4) is 0 Å². The third kappa shape index (κ3) is 6.14. The van der Waals surface area contributed by atoms with Crippen molar-refractivity contribution in [3.8, 4) is 5.75 Å². The van der Waals surface area contributed by atoms with E-state index in [-0.39, 0.29) is 5.91 Å². The molecule has 4 rings (SSSR count). The zero-order chi connectivity index (χ0) is 23.9. The lowest BCUT2D eigenvalue weighted by Gasteiger charge is -2.15. The van der Waals surface area contributed by atoms with Crippen LogP contribution < -0.4 is 4.74 Å². The Kier molecular flexibility index (Phi) is 7.44. The number of amidine groups is 1. The van der Waals surface area contributed by atoms with Crippen molar-refractivity contribution in [3.05, 3.63) is 100 Å². The van der Waals surface area contributed by atoms with Crippen LogP contribution in [0, 0.1) is 6.92 Å². The maximum Gasteiger partial charge on any atom is 0.341 e. The topological polar surface area (TPSA) is 79.2 Å². The van der Waals surface area contributed by atoms with Gasteiger partial charge < -0.3 is 9.84 Å². The summed E-state index contributed by atoms with van der Waals surface area (Å²) in [5.74, 6) is -0.658. The summed E-state index contributed by atoms with van der Waals surface area (Å²) >= 11 is 1.35. The van der Waals surface area contributed by atoms with Crippen molar-refractivity contribution >= 4 is 40.6 Å². The quantitative estimate of drug-likeness (QED) is 0.450. The highest BCUT2D eigenvalue weighted by Crippen LogP contribution is 2.34. The molecule has 1 N–H and O–H groups in total. The van der Waals surface area contributed by atoms with Crippen LogP contribution >= 0.6 is 11.8 Å². The first-order valence-corrected chi connectivity index (χ1v) is 11.6. The summed E-state index contributed by atoms with van der Waals surface area (Å²) in [4.78, 5) is 31.0. The third-order valence-corrected chi connectivity index (χ3v) is 6.16. The number of carbonyl (C=O) groups is 2. The first-order chi connectivity index (χ1) is 16.5. The molecule has 1 amide bonds. The van der Waals surface area contributed by atoms with Gasteiger partial charge in [0.25, 0.3) is 5.91 Å². The van der Waals surface area contributed by atoms with Crippen molar-refractivity contribution < 1.29 is 19.4 Å². The fourth-order valence-corrected chi connectivity index (χ4v) is 4.39. The Morgan fingerprint density at radius 1 is 1.03 bits per heavy atom. The van der Waals surface area contributed by atoms with E-state index >= 15 is 0 Å². The number of rotatable bonds is 8. The number of benzene rings is 3. The Hall–Kier alpha value is -3.84. The molecule has 0 aromatic heterocycles. The minimum absolute atomic E-state index is 0.0852. The first kappa shape index (κ1) is 23.3. The number of hydrogen-bond acceptors (Lipinski definition) is 5. The number of thioether (sulfide) groups is 1. The van der Waals surface area contributed by atoms with Crippen LogP contribution in [-0.2, 0) is 16.0 Å². The van der Waals surface area contributed by atoms with E-state index in [1.54, 1.807) is 29.2 Å². The second-order valence-corrected chi connectivity index (χ2v) is 8.79. The van der Waals surface area contributed by atoms with Crippen molar-refractivity contribution in [2.24, 2.45) is 4.99 Å². The highest BCUT2D eigenvalue weighted by Gasteiger charge is 2.33. The zero-order valence-corrected chi connectivity index (χ0v) is 19.5. The lowest BCUT2D eigenvalue weighted by Crippen LogP contribution is -2.31. The molecule has 3 aromatic carbocycles. The molecule has 1 saturated heterocycles. The molecule has 1 fully saturated rings. The monoisotopic (exact) mass is 472 g/mol. The highest BCUT2D eigenvalue weighted by atomic mass is 32.2. The van der Waals surface area contributed by atoms with E-state index in [9.17, 15) is 9.59 Å². The van der Waals surface area contributed by atoms with Gasteiger partial charge in [-0.05, 0) is 66.6 Å². The van der Waals surface area contributed by atoms with Crippen molar-refractivity contribution in [1.29, 1.82) is 0 Å². The number of aliphatic carboxylic acids is 1. The van der Waals surface area contributed by atoms with E-state index in [0.29, 0.717) is 22.4 Å². The van der Waals surface area contributed by atoms with Gasteiger partial charge in [0.1, 0.15) is 5.75 Å². The molecule has 1 aliphatic rings. The standard InChI is InChI=1S/C27H24N2O4S/c1-19-7-11-22(12-8-19)28-27-29(16-15-20-5-3-2-4-6-20)26(32)24(34-27)17-21-9-13-23(14-10-21)33-18-25(30)31/h2-14,17H,15-16,18H2,1H3,(H,30,31)/b24-17-,28-27?. The predicted octanol–water partition coefficient (Wildman–Crippen LogP) is 5.31. The lowest BCUT2D eigenvalue weighted by atomic mass is 10.1. The van der Waals surface area contributed by atoms with Gasteiger partial charge in [-0.25, -0.2) is 9.79 Å². The van der Waals surface area contributed by atoms with Gasteiger partial charge in [0.05, 0.1) is 10.6 Å². The second kappa shape index (κ2) is 10.9. The molecule has 7 heteroatoms.